The van der Waals surface area contributed by atoms with Gasteiger partial charge in [0, 0.05) is 31.6 Å². The standard InChI is InChI=1S/C23H26N4O4S/c1-23(20-10-6-3-7-11-20)21(28)27(22(29)24-23)18-25-13-15-26(16-14-25)32(30,31)17-12-19-8-4-2-5-9-19/h2-12,17H,13-16,18H2,1H3,(H,24,29)/b17-12+. The van der Waals surface area contributed by atoms with Crippen LogP contribution in [0.25, 0.3) is 6.08 Å². The monoisotopic (exact) mass is 454 g/mol. The molecule has 1 atom stereocenters. The van der Waals surface area contributed by atoms with E-state index in [4.69, 9.17) is 0 Å². The number of amides is 3. The molecule has 32 heavy (non-hydrogen) atoms. The molecule has 2 saturated heterocycles. The van der Waals surface area contributed by atoms with Gasteiger partial charge in [-0.05, 0) is 24.1 Å². The maximum atomic E-state index is 13.1. The second-order valence-electron chi connectivity index (χ2n) is 8.07. The minimum atomic E-state index is -3.54. The van der Waals surface area contributed by atoms with E-state index in [0.29, 0.717) is 26.2 Å². The maximum absolute atomic E-state index is 13.1. The number of hydrogen-bond acceptors (Lipinski definition) is 5. The molecule has 8 nitrogen and oxygen atoms in total. The third-order valence-electron chi connectivity index (χ3n) is 5.89. The van der Waals surface area contributed by atoms with Gasteiger partial charge in [-0.25, -0.2) is 18.1 Å². The summed E-state index contributed by atoms with van der Waals surface area (Å²) in [4.78, 5) is 28.7. The Morgan fingerprint density at radius 1 is 0.938 bits per heavy atom. The van der Waals surface area contributed by atoms with Crippen LogP contribution in [-0.2, 0) is 20.4 Å². The van der Waals surface area contributed by atoms with Crippen LogP contribution in [0.4, 0.5) is 4.79 Å². The number of rotatable bonds is 6. The van der Waals surface area contributed by atoms with Gasteiger partial charge in [-0.15, -0.1) is 0 Å². The number of hydrogen-bond donors (Lipinski definition) is 1. The second kappa shape index (κ2) is 8.85. The molecule has 0 bridgehead atoms. The SMILES string of the molecule is CC1(c2ccccc2)NC(=O)N(CN2CCN(S(=O)(=O)/C=C/c3ccccc3)CC2)C1=O. The first kappa shape index (κ1) is 22.2. The van der Waals surface area contributed by atoms with Crippen molar-refractivity contribution in [2.45, 2.75) is 12.5 Å². The van der Waals surface area contributed by atoms with Gasteiger partial charge in [0.15, 0.2) is 0 Å². The maximum Gasteiger partial charge on any atom is 0.326 e. The van der Waals surface area contributed by atoms with Crippen molar-refractivity contribution in [3.05, 3.63) is 77.2 Å². The first-order valence-electron chi connectivity index (χ1n) is 10.4. The molecule has 2 aliphatic rings. The molecule has 2 heterocycles. The van der Waals surface area contributed by atoms with Gasteiger partial charge < -0.3 is 5.32 Å². The third-order valence-corrected chi connectivity index (χ3v) is 7.46. The normalized spacial score (nSPS) is 23.1. The van der Waals surface area contributed by atoms with Gasteiger partial charge in [0.05, 0.1) is 6.67 Å². The lowest BCUT2D eigenvalue weighted by Crippen LogP contribution is -2.52. The van der Waals surface area contributed by atoms with Crippen molar-refractivity contribution in [1.29, 1.82) is 0 Å². The number of carbonyl (C=O) groups is 2. The number of piperazine rings is 1. The molecule has 2 aromatic rings. The van der Waals surface area contributed by atoms with E-state index in [2.05, 4.69) is 5.32 Å². The van der Waals surface area contributed by atoms with Crippen molar-refractivity contribution in [1.82, 2.24) is 19.4 Å². The Morgan fingerprint density at radius 2 is 1.53 bits per heavy atom. The van der Waals surface area contributed by atoms with Crippen LogP contribution in [0, 0.1) is 0 Å². The third kappa shape index (κ3) is 4.45. The molecular formula is C23H26N4O4S. The van der Waals surface area contributed by atoms with Gasteiger partial charge in [0.25, 0.3) is 5.91 Å². The lowest BCUT2D eigenvalue weighted by Gasteiger charge is -2.34. The molecule has 9 heteroatoms. The first-order chi connectivity index (χ1) is 15.3. The van der Waals surface area contributed by atoms with Crippen molar-refractivity contribution in [3.63, 3.8) is 0 Å². The van der Waals surface area contributed by atoms with Crippen LogP contribution in [0.5, 0.6) is 0 Å². The molecule has 0 saturated carbocycles. The number of carbonyl (C=O) groups excluding carboxylic acids is 2. The summed E-state index contributed by atoms with van der Waals surface area (Å²) in [7, 11) is -3.54. The van der Waals surface area contributed by atoms with Crippen LogP contribution in [0.2, 0.25) is 0 Å². The fourth-order valence-corrected chi connectivity index (χ4v) is 5.11. The molecule has 2 aromatic carbocycles. The zero-order chi connectivity index (χ0) is 22.8. The number of sulfonamides is 1. The van der Waals surface area contributed by atoms with Crippen molar-refractivity contribution < 1.29 is 18.0 Å². The minimum absolute atomic E-state index is 0.126. The lowest BCUT2D eigenvalue weighted by molar-refractivity contribution is -0.132. The van der Waals surface area contributed by atoms with Crippen LogP contribution in [0.1, 0.15) is 18.1 Å². The highest BCUT2D eigenvalue weighted by molar-refractivity contribution is 7.92. The zero-order valence-corrected chi connectivity index (χ0v) is 18.7. The van der Waals surface area contributed by atoms with E-state index in [1.165, 1.54) is 14.6 Å². The number of nitrogens with zero attached hydrogens (tertiary/aromatic N) is 3. The van der Waals surface area contributed by atoms with Crippen LogP contribution >= 0.6 is 0 Å². The molecule has 0 aliphatic carbocycles. The van der Waals surface area contributed by atoms with E-state index in [9.17, 15) is 18.0 Å². The molecule has 4 rings (SSSR count). The number of nitrogens with one attached hydrogen (secondary N) is 1. The highest BCUT2D eigenvalue weighted by atomic mass is 32.2. The van der Waals surface area contributed by atoms with E-state index < -0.39 is 21.6 Å². The molecule has 3 amide bonds. The molecule has 168 valence electrons. The van der Waals surface area contributed by atoms with E-state index >= 15 is 0 Å². The Kier molecular flexibility index (Phi) is 6.14. The Labute approximate surface area is 188 Å². The van der Waals surface area contributed by atoms with Crippen molar-refractivity contribution in [2.24, 2.45) is 0 Å². The summed E-state index contributed by atoms with van der Waals surface area (Å²) in [6, 6.07) is 17.9. The van der Waals surface area contributed by atoms with E-state index in [1.807, 2.05) is 65.6 Å². The lowest BCUT2D eigenvalue weighted by atomic mass is 9.92. The molecule has 0 aromatic heterocycles. The highest BCUT2D eigenvalue weighted by Crippen LogP contribution is 2.28. The van der Waals surface area contributed by atoms with Gasteiger partial charge in [-0.2, -0.15) is 4.31 Å². The average Bonchev–Trinajstić information content (AvgIpc) is 3.03. The number of imide groups is 1. The molecular weight excluding hydrogens is 428 g/mol. The summed E-state index contributed by atoms with van der Waals surface area (Å²) in [6.45, 7) is 3.27. The second-order valence-corrected chi connectivity index (χ2v) is 9.89. The summed E-state index contributed by atoms with van der Waals surface area (Å²) in [5, 5.41) is 4.02. The van der Waals surface area contributed by atoms with Gasteiger partial charge in [-0.1, -0.05) is 60.7 Å². The topological polar surface area (TPSA) is 90.0 Å². The molecule has 1 N–H and O–H groups in total. The zero-order valence-electron chi connectivity index (χ0n) is 17.8. The summed E-state index contributed by atoms with van der Waals surface area (Å²) >= 11 is 0. The number of urea groups is 1. The van der Waals surface area contributed by atoms with Crippen molar-refractivity contribution >= 4 is 28.0 Å². The highest BCUT2D eigenvalue weighted by Gasteiger charge is 2.49. The number of benzene rings is 2. The molecule has 2 fully saturated rings. The van der Waals surface area contributed by atoms with Crippen molar-refractivity contribution in [3.8, 4) is 0 Å². The summed E-state index contributed by atoms with van der Waals surface area (Å²) in [5.74, 6) is -0.311. The first-order valence-corrected chi connectivity index (χ1v) is 12.0. The van der Waals surface area contributed by atoms with Gasteiger partial charge in [-0.3, -0.25) is 9.69 Å². The average molecular weight is 455 g/mol. The smallest absolute Gasteiger partial charge is 0.319 e. The van der Waals surface area contributed by atoms with Gasteiger partial charge in [0.2, 0.25) is 10.0 Å². The van der Waals surface area contributed by atoms with E-state index in [0.717, 1.165) is 11.1 Å². The van der Waals surface area contributed by atoms with Crippen molar-refractivity contribution in [2.75, 3.05) is 32.8 Å². The molecule has 1 unspecified atom stereocenters. The Bertz CT molecular complexity index is 1110. The molecule has 0 spiro atoms. The fraction of sp³-hybridized carbons (Fsp3) is 0.304. The Morgan fingerprint density at radius 3 is 2.16 bits per heavy atom. The molecule has 2 aliphatic heterocycles. The van der Waals surface area contributed by atoms with Crippen LogP contribution in [-0.4, -0.2) is 67.3 Å². The van der Waals surface area contributed by atoms with E-state index in [-0.39, 0.29) is 12.6 Å². The Hall–Kier alpha value is -3.01. The predicted octanol–water partition coefficient (Wildman–Crippen LogP) is 2.03. The largest absolute Gasteiger partial charge is 0.326 e. The predicted molar refractivity (Wildman–Crippen MR) is 122 cm³/mol. The molecule has 0 radical (unpaired) electrons. The van der Waals surface area contributed by atoms with Gasteiger partial charge >= 0.3 is 6.03 Å². The quantitative estimate of drug-likeness (QED) is 0.675. The van der Waals surface area contributed by atoms with Crippen LogP contribution in [0.3, 0.4) is 0 Å². The van der Waals surface area contributed by atoms with Crippen LogP contribution < -0.4 is 5.32 Å². The summed E-state index contributed by atoms with van der Waals surface area (Å²) in [6.07, 6.45) is 1.58. The van der Waals surface area contributed by atoms with E-state index in [1.54, 1.807) is 13.0 Å². The van der Waals surface area contributed by atoms with Crippen LogP contribution in [0.15, 0.2) is 66.1 Å². The fourth-order valence-electron chi connectivity index (χ4n) is 3.93. The Balaban J connectivity index is 1.36. The summed E-state index contributed by atoms with van der Waals surface area (Å²) in [5.41, 5.74) is 0.433. The minimum Gasteiger partial charge on any atom is -0.319 e. The summed E-state index contributed by atoms with van der Waals surface area (Å²) < 4.78 is 26.7. The van der Waals surface area contributed by atoms with Gasteiger partial charge in [0.1, 0.15) is 5.54 Å².